The minimum Gasteiger partial charge on any atom is -0.402 e. The van der Waals surface area contributed by atoms with Crippen LogP contribution in [-0.4, -0.2) is 24.5 Å². The van der Waals surface area contributed by atoms with E-state index in [9.17, 15) is 0 Å². The fraction of sp³-hybridized carbons (Fsp3) is 0.143. The Morgan fingerprint density at radius 1 is 1.09 bits per heavy atom. The second-order valence-corrected chi connectivity index (χ2v) is 2.14. The van der Waals surface area contributed by atoms with Gasteiger partial charge in [0.15, 0.2) is 0 Å². The minimum absolute atomic E-state index is 1.20. The molecule has 0 aromatic rings. The first-order chi connectivity index (χ1) is 5.24. The molecule has 0 aliphatic heterocycles. The van der Waals surface area contributed by atoms with Gasteiger partial charge in [-0.3, -0.25) is 0 Å². The van der Waals surface area contributed by atoms with Crippen molar-refractivity contribution in [2.24, 2.45) is 0 Å². The predicted molar refractivity (Wildman–Crippen MR) is 41.3 cm³/mol. The molecule has 2 rings (SSSR count). The molecule has 0 amide bonds. The Morgan fingerprint density at radius 3 is 1.36 bits per heavy atom. The van der Waals surface area contributed by atoms with Crippen LogP contribution in [0.15, 0.2) is 24.3 Å². The van der Waals surface area contributed by atoms with Crippen molar-refractivity contribution < 1.29 is 14.7 Å². The molecule has 0 atom stereocenters. The van der Waals surface area contributed by atoms with Gasteiger partial charge in [0.1, 0.15) is 0 Å². The average Bonchev–Trinajstić information content (AvgIpc) is 1.98. The molecule has 0 bridgehead atoms. The topological polar surface area (TPSA) is 49.7 Å². The summed E-state index contributed by atoms with van der Waals surface area (Å²) in [6.07, 6.45) is 0. The summed E-state index contributed by atoms with van der Waals surface area (Å²) in [6, 6.07) is 8.48. The van der Waals surface area contributed by atoms with Gasteiger partial charge in [-0.1, -0.05) is 24.3 Å². The van der Waals surface area contributed by atoms with E-state index in [4.69, 9.17) is 10.0 Å². The molecule has 0 saturated heterocycles. The summed E-state index contributed by atoms with van der Waals surface area (Å²) in [5.41, 5.74) is 0. The minimum atomic E-state index is -1.62. The Morgan fingerprint density at radius 2 is 1.36 bits per heavy atom. The van der Waals surface area contributed by atoms with Crippen LogP contribution in [0, 0.1) is 10.4 Å². The lowest BCUT2D eigenvalue weighted by Gasteiger charge is -1.95. The molecule has 0 unspecified atom stereocenters. The first kappa shape index (κ1) is 8.26. The van der Waals surface area contributed by atoms with E-state index in [2.05, 4.69) is 28.9 Å². The van der Waals surface area contributed by atoms with Gasteiger partial charge in [-0.15, -0.1) is 0 Å². The highest BCUT2D eigenvalue weighted by molar-refractivity contribution is 6.32. The maximum atomic E-state index is 7.69. The van der Waals surface area contributed by atoms with Crippen LogP contribution in [0.1, 0.15) is 0 Å². The molecule has 0 saturated carbocycles. The highest BCUT2D eigenvalue weighted by Crippen LogP contribution is 2.04. The third-order valence-electron chi connectivity index (χ3n) is 1.43. The van der Waals surface area contributed by atoms with Gasteiger partial charge in [-0.2, -0.15) is 0 Å². The van der Waals surface area contributed by atoms with Crippen LogP contribution in [0.2, 0.25) is 0 Å². The maximum Gasteiger partial charge on any atom is 0.633 e. The van der Waals surface area contributed by atoms with Crippen LogP contribution >= 0.6 is 0 Å². The van der Waals surface area contributed by atoms with Crippen molar-refractivity contribution in [3.05, 3.63) is 34.7 Å². The van der Waals surface area contributed by atoms with E-state index in [-0.39, 0.29) is 0 Å². The van der Waals surface area contributed by atoms with Crippen LogP contribution < -0.4 is 0 Å². The molecule has 0 spiro atoms. The number of rotatable bonds is 1. The fourth-order valence-electron chi connectivity index (χ4n) is 0.663. The smallest absolute Gasteiger partial charge is 0.402 e. The number of hydrogen-bond donors (Lipinski definition) is 2. The predicted octanol–water partition coefficient (Wildman–Crippen LogP) is -0.111. The standard InChI is InChI=1S/C6H4.CH5BO3/c1-2-6-4-3-5(1)6;1-5-2(3)4/h1-4H;3-4H,1H3. The average molecular weight is 152 g/mol. The summed E-state index contributed by atoms with van der Waals surface area (Å²) < 4.78 is 3.86. The van der Waals surface area contributed by atoms with E-state index in [0.717, 1.165) is 0 Å². The molecular formula is C7H9BO3. The van der Waals surface area contributed by atoms with Gasteiger partial charge in [0.25, 0.3) is 0 Å². The molecule has 2 N–H and O–H groups in total. The monoisotopic (exact) mass is 152 g/mol. The quantitative estimate of drug-likeness (QED) is 0.560. The lowest BCUT2D eigenvalue weighted by molar-refractivity contribution is 0.229. The van der Waals surface area contributed by atoms with Gasteiger partial charge in [0, 0.05) is 7.11 Å². The van der Waals surface area contributed by atoms with Crippen molar-refractivity contribution in [3.63, 3.8) is 0 Å². The summed E-state index contributed by atoms with van der Waals surface area (Å²) in [6.45, 7) is 0. The Kier molecular flexibility index (Phi) is 2.65. The second kappa shape index (κ2) is 3.53. The summed E-state index contributed by atoms with van der Waals surface area (Å²) in [5.74, 6) is 0. The Bertz CT molecular complexity index is 259. The second-order valence-electron chi connectivity index (χ2n) is 2.14. The van der Waals surface area contributed by atoms with E-state index in [1.54, 1.807) is 0 Å². The summed E-state index contributed by atoms with van der Waals surface area (Å²) in [4.78, 5) is 0. The molecule has 0 radical (unpaired) electrons. The van der Waals surface area contributed by atoms with Crippen molar-refractivity contribution in [2.75, 3.05) is 7.11 Å². The summed E-state index contributed by atoms with van der Waals surface area (Å²) in [7, 11) is -0.417. The van der Waals surface area contributed by atoms with E-state index < -0.39 is 7.32 Å². The van der Waals surface area contributed by atoms with Gasteiger partial charge < -0.3 is 14.7 Å². The van der Waals surface area contributed by atoms with Crippen LogP contribution in [0.3, 0.4) is 0 Å². The lowest BCUT2D eigenvalue weighted by atomic mass is 10.1. The Labute approximate surface area is 64.7 Å². The number of benzene rings is 1. The Hall–Kier alpha value is -0.835. The molecular weight excluding hydrogens is 143 g/mol. The van der Waals surface area contributed by atoms with Gasteiger partial charge in [0.2, 0.25) is 0 Å². The van der Waals surface area contributed by atoms with Crippen LogP contribution in [-0.2, 0) is 4.65 Å². The largest absolute Gasteiger partial charge is 0.633 e. The molecule has 0 fully saturated rings. The third kappa shape index (κ3) is 2.05. The SMILES string of the molecule is COB(O)O.c1cc2ccc1=2. The zero-order chi connectivity index (χ0) is 8.27. The van der Waals surface area contributed by atoms with E-state index in [1.165, 1.54) is 17.5 Å². The molecule has 11 heavy (non-hydrogen) atoms. The highest BCUT2D eigenvalue weighted by atomic mass is 16.6. The number of hydrogen-bond acceptors (Lipinski definition) is 3. The fourth-order valence-corrected chi connectivity index (χ4v) is 0.663. The molecule has 3 nitrogen and oxygen atoms in total. The van der Waals surface area contributed by atoms with Crippen molar-refractivity contribution in [3.8, 4) is 0 Å². The van der Waals surface area contributed by atoms with Gasteiger partial charge in [-0.25, -0.2) is 0 Å². The van der Waals surface area contributed by atoms with E-state index in [0.29, 0.717) is 0 Å². The van der Waals surface area contributed by atoms with E-state index in [1.807, 2.05) is 0 Å². The van der Waals surface area contributed by atoms with Crippen molar-refractivity contribution in [1.82, 2.24) is 0 Å². The summed E-state index contributed by atoms with van der Waals surface area (Å²) >= 11 is 0. The van der Waals surface area contributed by atoms with Gasteiger partial charge in [0.05, 0.1) is 0 Å². The van der Waals surface area contributed by atoms with Crippen molar-refractivity contribution in [1.29, 1.82) is 0 Å². The van der Waals surface area contributed by atoms with Gasteiger partial charge >= 0.3 is 7.32 Å². The summed E-state index contributed by atoms with van der Waals surface area (Å²) in [5, 5.41) is 18.2. The van der Waals surface area contributed by atoms with Crippen molar-refractivity contribution >= 4 is 7.32 Å². The lowest BCUT2D eigenvalue weighted by Crippen LogP contribution is -2.12. The van der Waals surface area contributed by atoms with Crippen LogP contribution in [0.5, 0.6) is 0 Å². The first-order valence-corrected chi connectivity index (χ1v) is 3.23. The molecule has 0 heterocycles. The van der Waals surface area contributed by atoms with Crippen LogP contribution in [0.4, 0.5) is 0 Å². The maximum absolute atomic E-state index is 7.69. The molecule has 2 aliphatic carbocycles. The Balaban J connectivity index is 0.000000114. The normalized spacial score (nSPS) is 9.73. The zero-order valence-electron chi connectivity index (χ0n) is 6.19. The van der Waals surface area contributed by atoms with Gasteiger partial charge in [-0.05, 0) is 10.4 Å². The molecule has 4 heteroatoms. The molecule has 58 valence electrons. The molecule has 2 aliphatic rings. The van der Waals surface area contributed by atoms with Crippen LogP contribution in [0.25, 0.3) is 0 Å². The van der Waals surface area contributed by atoms with E-state index >= 15 is 0 Å². The zero-order valence-corrected chi connectivity index (χ0v) is 6.19. The molecule has 0 aromatic carbocycles. The third-order valence-corrected chi connectivity index (χ3v) is 1.43. The van der Waals surface area contributed by atoms with Crippen molar-refractivity contribution in [2.45, 2.75) is 0 Å². The first-order valence-electron chi connectivity index (χ1n) is 3.23. The molecule has 0 aromatic heterocycles. The highest BCUT2D eigenvalue weighted by Gasteiger charge is 2.00.